The average Bonchev–Trinajstić information content (AvgIpc) is 2.58. The molecule has 0 spiro atoms. The quantitative estimate of drug-likeness (QED) is 0.714. The number of nitrogens with zero attached hydrogens (tertiary/aromatic N) is 2. The molecular weight excluding hydrogens is 224 g/mol. The van der Waals surface area contributed by atoms with Gasteiger partial charge in [0.2, 0.25) is 0 Å². The maximum atomic E-state index is 11.2. The average molecular weight is 237 g/mol. The van der Waals surface area contributed by atoms with Crippen LogP contribution in [-0.2, 0) is 5.41 Å². The number of aromatic nitrogens is 2. The van der Waals surface area contributed by atoms with Gasteiger partial charge >= 0.3 is 0 Å². The predicted octanol–water partition coefficient (Wildman–Crippen LogP) is 3.01. The van der Waals surface area contributed by atoms with Gasteiger partial charge in [0.1, 0.15) is 0 Å². The highest BCUT2D eigenvalue weighted by atomic mass is 35.5. The molecule has 16 heavy (non-hydrogen) atoms. The lowest BCUT2D eigenvalue weighted by atomic mass is 9.87. The van der Waals surface area contributed by atoms with Crippen LogP contribution in [0.2, 0.25) is 0 Å². The summed E-state index contributed by atoms with van der Waals surface area (Å²) in [6, 6.07) is 3.96. The third-order valence-electron chi connectivity index (χ3n) is 2.60. The van der Waals surface area contributed by atoms with Crippen molar-refractivity contribution in [2.75, 3.05) is 0 Å². The molecule has 84 valence electrons. The first-order valence-electron chi connectivity index (χ1n) is 5.07. The minimum Gasteiger partial charge on any atom is -0.275 e. The molecule has 0 saturated carbocycles. The van der Waals surface area contributed by atoms with E-state index in [4.69, 9.17) is 11.6 Å². The number of carbonyl (C=O) groups is 1. The second kappa shape index (κ2) is 3.59. The van der Waals surface area contributed by atoms with Crippen molar-refractivity contribution < 1.29 is 4.79 Å². The number of hydrogen-bond acceptors (Lipinski definition) is 2. The molecule has 2 heterocycles. The van der Waals surface area contributed by atoms with Crippen molar-refractivity contribution >= 4 is 22.4 Å². The largest absolute Gasteiger partial charge is 0.275 e. The maximum absolute atomic E-state index is 11.2. The zero-order valence-corrected chi connectivity index (χ0v) is 10.2. The molecule has 0 atom stereocenters. The molecule has 0 fully saturated rings. The highest BCUT2D eigenvalue weighted by Crippen LogP contribution is 2.24. The van der Waals surface area contributed by atoms with Gasteiger partial charge < -0.3 is 0 Å². The van der Waals surface area contributed by atoms with Gasteiger partial charge in [-0.15, -0.1) is 0 Å². The third-order valence-corrected chi connectivity index (χ3v) is 2.80. The van der Waals surface area contributed by atoms with Gasteiger partial charge in [0, 0.05) is 6.20 Å². The maximum Gasteiger partial charge on any atom is 0.256 e. The molecule has 0 radical (unpaired) electrons. The molecule has 0 aliphatic heterocycles. The molecule has 0 aliphatic rings. The minimum absolute atomic E-state index is 0.0403. The van der Waals surface area contributed by atoms with E-state index in [1.807, 2.05) is 18.3 Å². The van der Waals surface area contributed by atoms with E-state index in [1.165, 1.54) is 6.20 Å². The minimum atomic E-state index is -0.471. The molecule has 0 N–H and O–H groups in total. The van der Waals surface area contributed by atoms with Gasteiger partial charge in [-0.25, -0.2) is 4.52 Å². The van der Waals surface area contributed by atoms with Crippen LogP contribution in [-0.4, -0.2) is 14.9 Å². The van der Waals surface area contributed by atoms with Gasteiger partial charge in [-0.3, -0.25) is 4.79 Å². The van der Waals surface area contributed by atoms with Gasteiger partial charge in [-0.05, 0) is 34.7 Å². The third kappa shape index (κ3) is 1.83. The second-order valence-corrected chi connectivity index (χ2v) is 5.17. The molecule has 3 nitrogen and oxygen atoms in total. The van der Waals surface area contributed by atoms with Crippen molar-refractivity contribution in [3.8, 4) is 0 Å². The number of fused-ring (bicyclic) bond motifs is 1. The van der Waals surface area contributed by atoms with Crippen LogP contribution in [0.3, 0.4) is 0 Å². The van der Waals surface area contributed by atoms with Crippen molar-refractivity contribution in [1.82, 2.24) is 9.61 Å². The van der Waals surface area contributed by atoms with E-state index in [0.717, 1.165) is 11.1 Å². The number of halogens is 1. The highest BCUT2D eigenvalue weighted by molar-refractivity contribution is 6.68. The van der Waals surface area contributed by atoms with Crippen molar-refractivity contribution in [3.63, 3.8) is 0 Å². The van der Waals surface area contributed by atoms with Crippen LogP contribution >= 0.6 is 11.6 Å². The van der Waals surface area contributed by atoms with E-state index in [0.29, 0.717) is 5.56 Å². The first-order valence-corrected chi connectivity index (χ1v) is 5.45. The van der Waals surface area contributed by atoms with E-state index >= 15 is 0 Å². The summed E-state index contributed by atoms with van der Waals surface area (Å²) in [6.07, 6.45) is 3.34. The highest BCUT2D eigenvalue weighted by Gasteiger charge is 2.16. The zero-order valence-electron chi connectivity index (χ0n) is 9.49. The van der Waals surface area contributed by atoms with Gasteiger partial charge in [-0.1, -0.05) is 20.8 Å². The predicted molar refractivity (Wildman–Crippen MR) is 64.1 cm³/mol. The summed E-state index contributed by atoms with van der Waals surface area (Å²) in [5.74, 6) is 0. The van der Waals surface area contributed by atoms with Crippen molar-refractivity contribution in [2.45, 2.75) is 26.2 Å². The number of pyridine rings is 1. The van der Waals surface area contributed by atoms with Crippen LogP contribution in [0.25, 0.3) is 5.52 Å². The molecule has 2 aromatic rings. The van der Waals surface area contributed by atoms with E-state index in [1.54, 1.807) is 4.52 Å². The molecule has 4 heteroatoms. The monoisotopic (exact) mass is 236 g/mol. The van der Waals surface area contributed by atoms with E-state index in [-0.39, 0.29) is 5.41 Å². The Labute approximate surface area is 99.0 Å². The Bertz CT molecular complexity index is 552. The summed E-state index contributed by atoms with van der Waals surface area (Å²) in [6.45, 7) is 6.37. The lowest BCUT2D eigenvalue weighted by molar-refractivity contribution is 0.108. The molecule has 2 aromatic heterocycles. The Morgan fingerprint density at radius 2 is 2.12 bits per heavy atom. The fourth-order valence-electron chi connectivity index (χ4n) is 1.60. The molecule has 2 rings (SSSR count). The fraction of sp³-hybridized carbons (Fsp3) is 0.333. The number of rotatable bonds is 1. The van der Waals surface area contributed by atoms with E-state index in [9.17, 15) is 4.79 Å². The summed E-state index contributed by atoms with van der Waals surface area (Å²) >= 11 is 5.50. The summed E-state index contributed by atoms with van der Waals surface area (Å²) in [5.41, 5.74) is 2.40. The number of hydrogen-bond donors (Lipinski definition) is 0. The summed E-state index contributed by atoms with van der Waals surface area (Å²) in [7, 11) is 0. The van der Waals surface area contributed by atoms with Crippen molar-refractivity contribution in [3.05, 3.63) is 35.7 Å². The fourth-order valence-corrected chi connectivity index (χ4v) is 1.74. The van der Waals surface area contributed by atoms with Gasteiger partial charge in [-0.2, -0.15) is 5.10 Å². The lowest BCUT2D eigenvalue weighted by Gasteiger charge is -2.18. The Kier molecular flexibility index (Phi) is 2.50. The van der Waals surface area contributed by atoms with Crippen LogP contribution in [0.15, 0.2) is 24.5 Å². The molecule has 0 bridgehead atoms. The molecule has 0 aromatic carbocycles. The smallest absolute Gasteiger partial charge is 0.256 e. The standard InChI is InChI=1S/C12H13ClN2O/c1-12(2,3)8-4-5-15-10(6-8)9(7-14-15)11(13)16/h4-7H,1-3H3. The molecule has 0 saturated heterocycles. The molecule has 0 aliphatic carbocycles. The normalized spacial score (nSPS) is 12.0. The van der Waals surface area contributed by atoms with Crippen LogP contribution in [0.5, 0.6) is 0 Å². The second-order valence-electron chi connectivity index (χ2n) is 4.83. The lowest BCUT2D eigenvalue weighted by Crippen LogP contribution is -2.11. The van der Waals surface area contributed by atoms with Crippen molar-refractivity contribution in [1.29, 1.82) is 0 Å². The van der Waals surface area contributed by atoms with E-state index in [2.05, 4.69) is 25.9 Å². The number of carbonyl (C=O) groups excluding carboxylic acids is 1. The summed E-state index contributed by atoms with van der Waals surface area (Å²) in [4.78, 5) is 11.2. The first-order chi connectivity index (χ1) is 7.39. The molecule has 0 amide bonds. The summed E-state index contributed by atoms with van der Waals surface area (Å²) in [5, 5.41) is 3.60. The van der Waals surface area contributed by atoms with Gasteiger partial charge in [0.25, 0.3) is 5.24 Å². The topological polar surface area (TPSA) is 34.4 Å². The SMILES string of the molecule is CC(C)(C)c1ccn2ncc(C(=O)Cl)c2c1. The van der Waals surface area contributed by atoms with Gasteiger partial charge in [0.05, 0.1) is 17.3 Å². The van der Waals surface area contributed by atoms with Crippen LogP contribution in [0, 0.1) is 0 Å². The van der Waals surface area contributed by atoms with Crippen LogP contribution in [0.4, 0.5) is 0 Å². The van der Waals surface area contributed by atoms with Crippen LogP contribution in [0.1, 0.15) is 36.7 Å². The Morgan fingerprint density at radius 1 is 1.44 bits per heavy atom. The molecular formula is C12H13ClN2O. The van der Waals surface area contributed by atoms with E-state index < -0.39 is 5.24 Å². The summed E-state index contributed by atoms with van der Waals surface area (Å²) < 4.78 is 1.66. The zero-order chi connectivity index (χ0) is 11.9. The van der Waals surface area contributed by atoms with Crippen LogP contribution < -0.4 is 0 Å². The molecule has 0 unspecified atom stereocenters. The Hall–Kier alpha value is -1.35. The Morgan fingerprint density at radius 3 is 2.69 bits per heavy atom. The Balaban J connectivity index is 2.68. The van der Waals surface area contributed by atoms with Crippen molar-refractivity contribution in [2.24, 2.45) is 0 Å². The first kappa shape index (κ1) is 11.1. The van der Waals surface area contributed by atoms with Gasteiger partial charge in [0.15, 0.2) is 0 Å².